The van der Waals surface area contributed by atoms with Crippen LogP contribution in [-0.4, -0.2) is 41.9 Å². The van der Waals surface area contributed by atoms with Crippen LogP contribution in [0.2, 0.25) is 0 Å². The van der Waals surface area contributed by atoms with Gasteiger partial charge in [0.1, 0.15) is 6.08 Å². The van der Waals surface area contributed by atoms with E-state index in [9.17, 15) is 0 Å². The maximum Gasteiger partial charge on any atom is 0.124 e. The fraction of sp³-hybridized carbons (Fsp3) is 0.400. The van der Waals surface area contributed by atoms with Gasteiger partial charge in [-0.15, -0.1) is 0 Å². The quantitative estimate of drug-likeness (QED) is 0.806. The smallest absolute Gasteiger partial charge is 0.124 e. The lowest BCUT2D eigenvalue weighted by atomic mass is 10.1. The lowest BCUT2D eigenvalue weighted by molar-refractivity contribution is 0.0638. The summed E-state index contributed by atoms with van der Waals surface area (Å²) in [7, 11) is 2.73. The topological polar surface area (TPSA) is 30.3 Å². The molecule has 0 amide bonds. The number of aromatic nitrogens is 2. The van der Waals surface area contributed by atoms with Gasteiger partial charge in [0, 0.05) is 26.5 Å². The van der Waals surface area contributed by atoms with Crippen LogP contribution < -0.4 is 0 Å². The molecule has 102 valence electrons. The molecule has 0 aliphatic heterocycles. The minimum absolute atomic E-state index is 0.177. The molecular weight excluding hydrogens is 238 g/mol. The van der Waals surface area contributed by atoms with E-state index < -0.39 is 79.8 Å². The maximum atomic E-state index is 8.95. The Labute approximate surface area is 132 Å². The first-order chi connectivity index (χ1) is 14.4. The largest absolute Gasteiger partial charge is 0.366 e. The summed E-state index contributed by atoms with van der Waals surface area (Å²) in [6.45, 7) is -6.25. The van der Waals surface area contributed by atoms with Gasteiger partial charge >= 0.3 is 0 Å². The zero-order valence-corrected chi connectivity index (χ0v) is 10.5. The summed E-state index contributed by atoms with van der Waals surface area (Å²) in [5, 5.41) is 3.45. The summed E-state index contributed by atoms with van der Waals surface area (Å²) in [6.07, 6.45) is -3.84. The van der Waals surface area contributed by atoms with Gasteiger partial charge in [-0.2, -0.15) is 5.10 Å². The minimum atomic E-state index is -3.12. The van der Waals surface area contributed by atoms with Crippen molar-refractivity contribution in [2.75, 3.05) is 27.2 Å². The molecule has 2 aromatic rings. The third-order valence-electron chi connectivity index (χ3n) is 2.08. The number of nitrogens with zero attached hydrogens (tertiary/aromatic N) is 3. The van der Waals surface area contributed by atoms with Crippen molar-refractivity contribution in [1.29, 1.82) is 0 Å². The first-order valence-corrected chi connectivity index (χ1v) is 5.34. The summed E-state index contributed by atoms with van der Waals surface area (Å²) in [6, 6.07) is -5.13. The molecule has 1 aromatic carbocycles. The molecule has 1 heterocycles. The van der Waals surface area contributed by atoms with E-state index in [1.54, 1.807) is 0 Å². The minimum Gasteiger partial charge on any atom is -0.366 e. The number of benzene rings is 1. The van der Waals surface area contributed by atoms with Crippen molar-refractivity contribution in [2.24, 2.45) is 6.98 Å². The highest BCUT2D eigenvalue weighted by Crippen LogP contribution is 2.25. The van der Waals surface area contributed by atoms with Crippen LogP contribution in [0.4, 0.5) is 0 Å². The standard InChI is InChI=1S/C15H21N3O/c1-17(2)11-12-19-15(13-7-5-4-6-8-13)14-9-10-16-18(14)3/h4-10,15H,11-12H2,1-3H3/i3D3,4D,5D,6D,7D,8D,9D,10D,11D2,15D. The summed E-state index contributed by atoms with van der Waals surface area (Å²) >= 11 is 0. The second-order valence-electron chi connectivity index (χ2n) is 3.67. The number of ether oxygens (including phenoxy) is 1. The first-order valence-electron chi connectivity index (χ1n) is 11.8. The second kappa shape index (κ2) is 6.50. The van der Waals surface area contributed by atoms with Gasteiger partial charge in [-0.1, -0.05) is 30.2 Å². The van der Waals surface area contributed by atoms with Crippen molar-refractivity contribution < 1.29 is 22.6 Å². The van der Waals surface area contributed by atoms with Crippen molar-refractivity contribution in [3.8, 4) is 0 Å². The van der Waals surface area contributed by atoms with E-state index in [2.05, 4.69) is 5.10 Å². The lowest BCUT2D eigenvalue weighted by Crippen LogP contribution is -2.20. The van der Waals surface area contributed by atoms with Crippen LogP contribution >= 0.6 is 0 Å². The van der Waals surface area contributed by atoms with Crippen LogP contribution in [0.15, 0.2) is 42.4 Å². The van der Waals surface area contributed by atoms with Gasteiger partial charge in [-0.3, -0.25) is 4.68 Å². The Morgan fingerprint density at radius 3 is 2.95 bits per heavy atom. The predicted octanol–water partition coefficient (Wildman–Crippen LogP) is 2.09. The highest BCUT2D eigenvalue weighted by molar-refractivity contribution is 5.25. The average Bonchev–Trinajstić information content (AvgIpc) is 2.99. The molecule has 0 aliphatic carbocycles. The van der Waals surface area contributed by atoms with E-state index in [1.807, 2.05) is 0 Å². The van der Waals surface area contributed by atoms with Crippen LogP contribution in [0.1, 0.15) is 35.2 Å². The van der Waals surface area contributed by atoms with Gasteiger partial charge < -0.3 is 9.64 Å². The number of likely N-dealkylation sites (N-methyl/N-ethyl adjacent to an activating group) is 1. The molecule has 1 unspecified atom stereocenters. The Morgan fingerprint density at radius 2 is 2.26 bits per heavy atom. The first kappa shape index (κ1) is 4.72. The average molecular weight is 272 g/mol. The Hall–Kier alpha value is -1.65. The van der Waals surface area contributed by atoms with Gasteiger partial charge in [0.25, 0.3) is 0 Å². The Balaban J connectivity index is 2.96. The SMILES string of the molecule is [2H]c1nn(C([2H])([2H])[2H])c(C([2H])(OCC([2H])([2H])N(C)C)c2c([2H])c([2H])c([2H])c([2H])c2[2H])c1[2H]. The number of hydrogen-bond donors (Lipinski definition) is 0. The summed E-state index contributed by atoms with van der Waals surface area (Å²) < 4.78 is 109. The van der Waals surface area contributed by atoms with Crippen molar-refractivity contribution >= 4 is 0 Å². The van der Waals surface area contributed by atoms with Gasteiger partial charge in [0.2, 0.25) is 0 Å². The van der Waals surface area contributed by atoms with E-state index in [-0.39, 0.29) is 4.68 Å². The molecule has 0 spiro atoms. The summed E-state index contributed by atoms with van der Waals surface area (Å²) in [5.74, 6) is 0. The number of rotatable bonds is 6. The Kier molecular flexibility index (Phi) is 1.61. The van der Waals surface area contributed by atoms with Gasteiger partial charge in [0.15, 0.2) is 0 Å². The van der Waals surface area contributed by atoms with E-state index in [4.69, 9.17) is 22.6 Å². The second-order valence-corrected chi connectivity index (χ2v) is 3.67. The van der Waals surface area contributed by atoms with Crippen LogP contribution in [0.5, 0.6) is 0 Å². The molecule has 2 rings (SSSR count). The zero-order chi connectivity index (χ0) is 25.0. The van der Waals surface area contributed by atoms with Gasteiger partial charge in [-0.25, -0.2) is 0 Å². The Bertz CT molecular complexity index is 1000. The molecular formula is C15H21N3O. The molecule has 0 fully saturated rings. The number of aryl methyl sites for hydroxylation is 1. The molecule has 0 N–H and O–H groups in total. The monoisotopic (exact) mass is 272 g/mol. The molecule has 4 nitrogen and oxygen atoms in total. The molecule has 0 saturated carbocycles. The third kappa shape index (κ3) is 3.66. The molecule has 1 aromatic heterocycles. The molecule has 0 aliphatic rings. The molecule has 0 bridgehead atoms. The van der Waals surface area contributed by atoms with Crippen LogP contribution in [0.3, 0.4) is 0 Å². The number of hydrogen-bond acceptors (Lipinski definition) is 3. The highest BCUT2D eigenvalue weighted by atomic mass is 16.5. The summed E-state index contributed by atoms with van der Waals surface area (Å²) in [5.41, 5.74) is -1.73. The third-order valence-corrected chi connectivity index (χ3v) is 2.08. The van der Waals surface area contributed by atoms with E-state index in [0.29, 0.717) is 0 Å². The fourth-order valence-electron chi connectivity index (χ4n) is 1.24. The molecule has 0 radical (unpaired) electrons. The van der Waals surface area contributed by atoms with E-state index in [0.717, 1.165) is 4.90 Å². The van der Waals surface area contributed by atoms with Crippen molar-refractivity contribution in [2.45, 2.75) is 6.08 Å². The molecule has 1 atom stereocenters. The van der Waals surface area contributed by atoms with Crippen molar-refractivity contribution in [3.05, 3.63) is 53.7 Å². The normalized spacial score (nSPS) is 25.7. The van der Waals surface area contributed by atoms with Crippen LogP contribution in [0, 0.1) is 0 Å². The van der Waals surface area contributed by atoms with Crippen LogP contribution in [0.25, 0.3) is 0 Å². The van der Waals surface area contributed by atoms with Crippen molar-refractivity contribution in [1.82, 2.24) is 14.7 Å². The lowest BCUT2D eigenvalue weighted by Gasteiger charge is -2.20. The van der Waals surface area contributed by atoms with Crippen molar-refractivity contribution in [3.63, 3.8) is 0 Å². The highest BCUT2D eigenvalue weighted by Gasteiger charge is 2.17. The van der Waals surface area contributed by atoms with Gasteiger partial charge in [-0.05, 0) is 25.7 Å². The Morgan fingerprint density at radius 1 is 1.47 bits per heavy atom. The van der Waals surface area contributed by atoms with E-state index >= 15 is 0 Å². The fourth-order valence-corrected chi connectivity index (χ4v) is 1.24. The molecule has 4 heteroatoms. The zero-order valence-electron chi connectivity index (χ0n) is 23.5. The maximum absolute atomic E-state index is 8.95. The predicted molar refractivity (Wildman–Crippen MR) is 76.0 cm³/mol. The van der Waals surface area contributed by atoms with E-state index in [1.165, 1.54) is 14.1 Å². The van der Waals surface area contributed by atoms with Crippen LogP contribution in [-0.2, 0) is 11.7 Å². The molecule has 19 heavy (non-hydrogen) atoms. The molecule has 0 saturated heterocycles. The summed E-state index contributed by atoms with van der Waals surface area (Å²) in [4.78, 5) is 1.09. The van der Waals surface area contributed by atoms with Gasteiger partial charge in [0.05, 0.1) is 23.3 Å².